The summed E-state index contributed by atoms with van der Waals surface area (Å²) in [7, 11) is 0. The van der Waals surface area contributed by atoms with Gasteiger partial charge in [-0.3, -0.25) is 24.5 Å². The lowest BCUT2D eigenvalue weighted by atomic mass is 10.0. The van der Waals surface area contributed by atoms with Crippen LogP contribution in [-0.2, 0) is 11.3 Å². The van der Waals surface area contributed by atoms with E-state index < -0.39 is 4.92 Å². The van der Waals surface area contributed by atoms with Crippen molar-refractivity contribution in [1.29, 1.82) is 0 Å². The Morgan fingerprint density at radius 3 is 3.05 bits per heavy atom. The van der Waals surface area contributed by atoms with Crippen LogP contribution in [0.25, 0.3) is 0 Å². The Morgan fingerprint density at radius 2 is 2.38 bits per heavy atom. The van der Waals surface area contributed by atoms with E-state index in [2.05, 4.69) is 22.2 Å². The molecule has 1 aromatic rings. The minimum Gasteiger partial charge on any atom is -0.353 e. The van der Waals surface area contributed by atoms with Gasteiger partial charge in [-0.2, -0.15) is 5.10 Å². The molecule has 1 atom stereocenters. The third-order valence-electron chi connectivity index (χ3n) is 3.80. The highest BCUT2D eigenvalue weighted by Gasteiger charge is 2.17. The Kier molecular flexibility index (Phi) is 5.26. The predicted octanol–water partition coefficient (Wildman–Crippen LogP) is 0.782. The summed E-state index contributed by atoms with van der Waals surface area (Å²) in [4.78, 5) is 24.1. The standard InChI is InChI=1S/C13H21N5O3/c1-11-4-2-3-6-16(11)7-5-14-13(19)10-17-9-12(8-15-17)18(20)21/h8-9,11H,2-7,10H2,1H3,(H,14,19)/t11-/m1/s1. The maximum absolute atomic E-state index is 11.8. The minimum absolute atomic E-state index is 0.00337. The maximum Gasteiger partial charge on any atom is 0.307 e. The van der Waals surface area contributed by atoms with Gasteiger partial charge in [0.15, 0.2) is 0 Å². The van der Waals surface area contributed by atoms with Gasteiger partial charge in [0.1, 0.15) is 18.9 Å². The first kappa shape index (κ1) is 15.4. The third-order valence-corrected chi connectivity index (χ3v) is 3.80. The van der Waals surface area contributed by atoms with Gasteiger partial charge in [0, 0.05) is 19.1 Å². The first-order valence-corrected chi connectivity index (χ1v) is 7.24. The molecule has 1 N–H and O–H groups in total. The van der Waals surface area contributed by atoms with Gasteiger partial charge in [-0.15, -0.1) is 0 Å². The molecule has 1 aromatic heterocycles. The number of aromatic nitrogens is 2. The van der Waals surface area contributed by atoms with Gasteiger partial charge in [-0.1, -0.05) is 6.42 Å². The highest BCUT2D eigenvalue weighted by molar-refractivity contribution is 5.75. The number of amides is 1. The van der Waals surface area contributed by atoms with Crippen LogP contribution in [0.15, 0.2) is 12.4 Å². The van der Waals surface area contributed by atoms with Gasteiger partial charge >= 0.3 is 5.69 Å². The summed E-state index contributed by atoms with van der Waals surface area (Å²) in [5.41, 5.74) is -0.107. The van der Waals surface area contributed by atoms with Crippen molar-refractivity contribution in [2.75, 3.05) is 19.6 Å². The van der Waals surface area contributed by atoms with Gasteiger partial charge in [-0.25, -0.2) is 0 Å². The van der Waals surface area contributed by atoms with E-state index in [4.69, 9.17) is 0 Å². The lowest BCUT2D eigenvalue weighted by Gasteiger charge is -2.33. The predicted molar refractivity (Wildman–Crippen MR) is 76.8 cm³/mol. The van der Waals surface area contributed by atoms with Crippen LogP contribution in [0.5, 0.6) is 0 Å². The van der Waals surface area contributed by atoms with Crippen molar-refractivity contribution in [3.05, 3.63) is 22.5 Å². The fraction of sp³-hybridized carbons (Fsp3) is 0.692. The van der Waals surface area contributed by atoms with Crippen molar-refractivity contribution >= 4 is 11.6 Å². The number of nitro groups is 1. The first-order valence-electron chi connectivity index (χ1n) is 7.24. The second-order valence-corrected chi connectivity index (χ2v) is 5.38. The largest absolute Gasteiger partial charge is 0.353 e. The number of hydrogen-bond acceptors (Lipinski definition) is 5. The zero-order chi connectivity index (χ0) is 15.2. The molecule has 0 bridgehead atoms. The van der Waals surface area contributed by atoms with E-state index >= 15 is 0 Å². The van der Waals surface area contributed by atoms with Crippen LogP contribution in [0.2, 0.25) is 0 Å². The molecule has 2 heterocycles. The molecule has 1 aliphatic heterocycles. The number of nitrogens with zero attached hydrogens (tertiary/aromatic N) is 4. The van der Waals surface area contributed by atoms with E-state index in [1.807, 2.05) is 0 Å². The molecule has 1 amide bonds. The lowest BCUT2D eigenvalue weighted by molar-refractivity contribution is -0.385. The summed E-state index contributed by atoms with van der Waals surface area (Å²) in [6.07, 6.45) is 6.11. The fourth-order valence-electron chi connectivity index (χ4n) is 2.57. The van der Waals surface area contributed by atoms with Crippen molar-refractivity contribution in [1.82, 2.24) is 20.0 Å². The van der Waals surface area contributed by atoms with Crippen LogP contribution in [0.3, 0.4) is 0 Å². The van der Waals surface area contributed by atoms with Crippen LogP contribution in [0.1, 0.15) is 26.2 Å². The fourth-order valence-corrected chi connectivity index (χ4v) is 2.57. The Bertz CT molecular complexity index is 502. The summed E-state index contributed by atoms with van der Waals surface area (Å²) in [5.74, 6) is -0.183. The first-order chi connectivity index (χ1) is 10.1. The zero-order valence-corrected chi connectivity index (χ0v) is 12.2. The molecular formula is C13H21N5O3. The molecule has 0 spiro atoms. The van der Waals surface area contributed by atoms with E-state index in [1.54, 1.807) is 0 Å². The molecule has 116 valence electrons. The summed E-state index contributed by atoms with van der Waals surface area (Å²) in [6.45, 7) is 4.73. The zero-order valence-electron chi connectivity index (χ0n) is 12.2. The summed E-state index contributed by atoms with van der Waals surface area (Å²) < 4.78 is 1.27. The third kappa shape index (κ3) is 4.52. The second kappa shape index (κ2) is 7.16. The molecule has 1 aliphatic rings. The number of rotatable bonds is 6. The molecule has 8 heteroatoms. The summed E-state index contributed by atoms with van der Waals surface area (Å²) in [5, 5.41) is 17.1. The van der Waals surface area contributed by atoms with Crippen LogP contribution >= 0.6 is 0 Å². The average Bonchev–Trinajstić information content (AvgIpc) is 2.89. The Labute approximate surface area is 123 Å². The van der Waals surface area contributed by atoms with Gasteiger partial charge in [0.05, 0.1) is 4.92 Å². The normalized spacial score (nSPS) is 19.4. The SMILES string of the molecule is C[C@@H]1CCCCN1CCNC(=O)Cn1cc([N+](=O)[O-])cn1. The van der Waals surface area contributed by atoms with Crippen LogP contribution in [0.4, 0.5) is 5.69 Å². The molecular weight excluding hydrogens is 274 g/mol. The molecule has 0 aromatic carbocycles. The van der Waals surface area contributed by atoms with Crippen molar-refractivity contribution in [3.63, 3.8) is 0 Å². The molecule has 0 aliphatic carbocycles. The number of nitrogens with one attached hydrogen (secondary N) is 1. The Balaban J connectivity index is 1.70. The number of carbonyl (C=O) groups excluding carboxylic acids is 1. The van der Waals surface area contributed by atoms with E-state index in [0.717, 1.165) is 19.3 Å². The Hall–Kier alpha value is -1.96. The van der Waals surface area contributed by atoms with Gasteiger partial charge in [0.2, 0.25) is 5.91 Å². The number of likely N-dealkylation sites (tertiary alicyclic amines) is 1. The highest BCUT2D eigenvalue weighted by Crippen LogP contribution is 2.15. The van der Waals surface area contributed by atoms with Crippen molar-refractivity contribution in [3.8, 4) is 0 Å². The lowest BCUT2D eigenvalue weighted by Crippen LogP contribution is -2.42. The number of carbonyl (C=O) groups is 1. The van der Waals surface area contributed by atoms with E-state index in [0.29, 0.717) is 12.6 Å². The number of hydrogen-bond donors (Lipinski definition) is 1. The maximum atomic E-state index is 11.8. The van der Waals surface area contributed by atoms with Gasteiger partial charge in [-0.05, 0) is 26.3 Å². The molecule has 1 saturated heterocycles. The van der Waals surface area contributed by atoms with Crippen LogP contribution < -0.4 is 5.32 Å². The molecule has 0 radical (unpaired) electrons. The minimum atomic E-state index is -0.529. The Morgan fingerprint density at radius 1 is 1.57 bits per heavy atom. The number of piperidine rings is 1. The molecule has 21 heavy (non-hydrogen) atoms. The van der Waals surface area contributed by atoms with E-state index in [-0.39, 0.29) is 18.1 Å². The van der Waals surface area contributed by atoms with Gasteiger partial charge < -0.3 is 5.32 Å². The molecule has 0 saturated carbocycles. The summed E-state index contributed by atoms with van der Waals surface area (Å²) >= 11 is 0. The monoisotopic (exact) mass is 295 g/mol. The molecule has 0 unspecified atom stereocenters. The van der Waals surface area contributed by atoms with E-state index in [1.165, 1.54) is 30.1 Å². The van der Waals surface area contributed by atoms with Crippen molar-refractivity contribution in [2.24, 2.45) is 0 Å². The van der Waals surface area contributed by atoms with Gasteiger partial charge in [0.25, 0.3) is 0 Å². The summed E-state index contributed by atoms with van der Waals surface area (Å²) in [6, 6.07) is 0.574. The quantitative estimate of drug-likeness (QED) is 0.618. The van der Waals surface area contributed by atoms with E-state index in [9.17, 15) is 14.9 Å². The highest BCUT2D eigenvalue weighted by atomic mass is 16.6. The second-order valence-electron chi connectivity index (χ2n) is 5.38. The van der Waals surface area contributed by atoms with Crippen molar-refractivity contribution < 1.29 is 9.72 Å². The molecule has 2 rings (SSSR count). The molecule has 8 nitrogen and oxygen atoms in total. The van der Waals surface area contributed by atoms with Crippen LogP contribution in [0, 0.1) is 10.1 Å². The van der Waals surface area contributed by atoms with Crippen molar-refractivity contribution in [2.45, 2.75) is 38.8 Å². The smallest absolute Gasteiger partial charge is 0.307 e. The average molecular weight is 295 g/mol. The molecule has 1 fully saturated rings. The topological polar surface area (TPSA) is 93.3 Å². The van der Waals surface area contributed by atoms with Crippen LogP contribution in [-0.4, -0.2) is 51.2 Å².